The first-order valence-corrected chi connectivity index (χ1v) is 9.89. The van der Waals surface area contributed by atoms with Gasteiger partial charge in [-0.25, -0.2) is 9.59 Å². The number of esters is 1. The lowest BCUT2D eigenvalue weighted by molar-refractivity contribution is -0.384. The van der Waals surface area contributed by atoms with Crippen molar-refractivity contribution in [1.29, 1.82) is 0 Å². The molecule has 1 aromatic carbocycles. The van der Waals surface area contributed by atoms with E-state index in [1.54, 1.807) is 20.8 Å². The van der Waals surface area contributed by atoms with Crippen LogP contribution in [0.2, 0.25) is 0 Å². The van der Waals surface area contributed by atoms with E-state index in [2.05, 4.69) is 5.32 Å². The number of benzene rings is 1. The lowest BCUT2D eigenvalue weighted by Gasteiger charge is -2.22. The minimum absolute atomic E-state index is 0.0350. The predicted molar refractivity (Wildman–Crippen MR) is 110 cm³/mol. The van der Waals surface area contributed by atoms with Gasteiger partial charge in [-0.1, -0.05) is 12.8 Å². The maximum Gasteiger partial charge on any atom is 0.338 e. The van der Waals surface area contributed by atoms with Gasteiger partial charge in [0, 0.05) is 24.7 Å². The SMILES string of the molecule is CC(C)(C)NC(=O)NC(=O)COC(=O)c1ccc(N2CCCCCC2)c([N+](=O)[O-])c1. The smallest absolute Gasteiger partial charge is 0.338 e. The van der Waals surface area contributed by atoms with Gasteiger partial charge in [0.25, 0.3) is 11.6 Å². The van der Waals surface area contributed by atoms with Crippen molar-refractivity contribution in [3.63, 3.8) is 0 Å². The van der Waals surface area contributed by atoms with Gasteiger partial charge in [0.1, 0.15) is 5.69 Å². The molecule has 0 unspecified atom stereocenters. The zero-order valence-electron chi connectivity index (χ0n) is 17.5. The predicted octanol–water partition coefficient (Wildman–Crippen LogP) is 2.76. The number of ether oxygens (including phenoxy) is 1. The number of urea groups is 1. The summed E-state index contributed by atoms with van der Waals surface area (Å²) < 4.78 is 4.89. The highest BCUT2D eigenvalue weighted by Gasteiger charge is 2.24. The Balaban J connectivity index is 2.02. The second kappa shape index (κ2) is 10.0. The monoisotopic (exact) mass is 420 g/mol. The number of nitrogens with zero attached hydrogens (tertiary/aromatic N) is 2. The van der Waals surface area contributed by atoms with Crippen molar-refractivity contribution in [1.82, 2.24) is 10.6 Å². The summed E-state index contributed by atoms with van der Waals surface area (Å²) in [5.41, 5.74) is -0.280. The Labute approximate surface area is 175 Å². The van der Waals surface area contributed by atoms with Crippen molar-refractivity contribution in [2.45, 2.75) is 52.0 Å². The number of nitro groups is 1. The van der Waals surface area contributed by atoms with Crippen LogP contribution in [0.3, 0.4) is 0 Å². The van der Waals surface area contributed by atoms with E-state index in [-0.39, 0.29) is 11.3 Å². The molecular weight excluding hydrogens is 392 g/mol. The topological polar surface area (TPSA) is 131 Å². The molecule has 1 aliphatic heterocycles. The van der Waals surface area contributed by atoms with Gasteiger partial charge in [-0.05, 0) is 45.7 Å². The first-order chi connectivity index (χ1) is 14.1. The number of nitro benzene ring substituents is 1. The van der Waals surface area contributed by atoms with E-state index in [1.165, 1.54) is 12.1 Å². The van der Waals surface area contributed by atoms with E-state index >= 15 is 0 Å². The molecular formula is C20H28N4O6. The maximum atomic E-state index is 12.2. The molecule has 1 saturated heterocycles. The molecule has 1 aromatic rings. The van der Waals surface area contributed by atoms with E-state index < -0.39 is 35.0 Å². The lowest BCUT2D eigenvalue weighted by atomic mass is 10.1. The fraction of sp³-hybridized carbons (Fsp3) is 0.550. The van der Waals surface area contributed by atoms with Crippen LogP contribution in [-0.2, 0) is 9.53 Å². The average molecular weight is 420 g/mol. The Bertz CT molecular complexity index is 810. The summed E-state index contributed by atoms with van der Waals surface area (Å²) in [6, 6.07) is 3.43. The van der Waals surface area contributed by atoms with Crippen LogP contribution in [0, 0.1) is 10.1 Å². The van der Waals surface area contributed by atoms with Crippen LogP contribution in [0.25, 0.3) is 0 Å². The number of hydrogen-bond acceptors (Lipinski definition) is 7. The van der Waals surface area contributed by atoms with Crippen molar-refractivity contribution in [3.05, 3.63) is 33.9 Å². The van der Waals surface area contributed by atoms with E-state index in [9.17, 15) is 24.5 Å². The fourth-order valence-corrected chi connectivity index (χ4v) is 3.12. The van der Waals surface area contributed by atoms with Crippen LogP contribution < -0.4 is 15.5 Å². The van der Waals surface area contributed by atoms with Gasteiger partial charge in [-0.3, -0.25) is 20.2 Å². The number of rotatable bonds is 5. The zero-order chi connectivity index (χ0) is 22.3. The molecule has 30 heavy (non-hydrogen) atoms. The van der Waals surface area contributed by atoms with Crippen LogP contribution in [-0.4, -0.2) is 48.1 Å². The molecule has 2 rings (SSSR count). The Kier molecular flexibility index (Phi) is 7.73. The first kappa shape index (κ1) is 23.1. The molecule has 0 saturated carbocycles. The number of anilines is 1. The van der Waals surface area contributed by atoms with Crippen molar-refractivity contribution < 1.29 is 24.0 Å². The van der Waals surface area contributed by atoms with Gasteiger partial charge >= 0.3 is 12.0 Å². The summed E-state index contributed by atoms with van der Waals surface area (Å²) >= 11 is 0. The number of nitrogens with one attached hydrogen (secondary N) is 2. The number of amides is 3. The lowest BCUT2D eigenvalue weighted by Crippen LogP contribution is -2.49. The molecule has 164 valence electrons. The summed E-state index contributed by atoms with van der Waals surface area (Å²) in [6.07, 6.45) is 4.09. The summed E-state index contributed by atoms with van der Waals surface area (Å²) in [4.78, 5) is 48.7. The van der Waals surface area contributed by atoms with Gasteiger partial charge in [-0.2, -0.15) is 0 Å². The second-order valence-corrected chi connectivity index (χ2v) is 8.19. The minimum Gasteiger partial charge on any atom is -0.452 e. The van der Waals surface area contributed by atoms with E-state index in [0.717, 1.165) is 44.8 Å². The van der Waals surface area contributed by atoms with Crippen LogP contribution in [0.15, 0.2) is 18.2 Å². The molecule has 0 bridgehead atoms. The molecule has 0 spiro atoms. The highest BCUT2D eigenvalue weighted by molar-refractivity contribution is 5.97. The Morgan fingerprint density at radius 3 is 2.33 bits per heavy atom. The van der Waals surface area contributed by atoms with E-state index in [1.807, 2.05) is 10.2 Å². The molecule has 0 atom stereocenters. The van der Waals surface area contributed by atoms with Gasteiger partial charge in [-0.15, -0.1) is 0 Å². The highest BCUT2D eigenvalue weighted by Crippen LogP contribution is 2.31. The molecule has 0 radical (unpaired) electrons. The Hall–Kier alpha value is -3.17. The highest BCUT2D eigenvalue weighted by atomic mass is 16.6. The van der Waals surface area contributed by atoms with Crippen molar-refractivity contribution in [2.75, 3.05) is 24.6 Å². The van der Waals surface area contributed by atoms with Gasteiger partial charge in [0.2, 0.25) is 0 Å². The Morgan fingerprint density at radius 1 is 1.13 bits per heavy atom. The van der Waals surface area contributed by atoms with Crippen LogP contribution in [0.5, 0.6) is 0 Å². The van der Waals surface area contributed by atoms with E-state index in [4.69, 9.17) is 4.74 Å². The molecule has 3 amide bonds. The molecule has 10 nitrogen and oxygen atoms in total. The molecule has 10 heteroatoms. The molecule has 2 N–H and O–H groups in total. The third-order valence-electron chi connectivity index (χ3n) is 4.43. The molecule has 0 aromatic heterocycles. The van der Waals surface area contributed by atoms with Gasteiger partial charge in [0.05, 0.1) is 10.5 Å². The van der Waals surface area contributed by atoms with Crippen LogP contribution in [0.1, 0.15) is 56.8 Å². The largest absolute Gasteiger partial charge is 0.452 e. The number of carbonyl (C=O) groups excluding carboxylic acids is 3. The third kappa shape index (κ3) is 7.02. The summed E-state index contributed by atoms with van der Waals surface area (Å²) in [5, 5.41) is 16.1. The quantitative estimate of drug-likeness (QED) is 0.425. The molecule has 0 aliphatic carbocycles. The Morgan fingerprint density at radius 2 is 1.77 bits per heavy atom. The molecule has 1 heterocycles. The normalized spacial score (nSPS) is 14.4. The fourth-order valence-electron chi connectivity index (χ4n) is 3.12. The van der Waals surface area contributed by atoms with Crippen LogP contribution >= 0.6 is 0 Å². The summed E-state index contributed by atoms with van der Waals surface area (Å²) in [5.74, 6) is -1.69. The summed E-state index contributed by atoms with van der Waals surface area (Å²) in [6.45, 7) is 6.01. The van der Waals surface area contributed by atoms with Crippen molar-refractivity contribution >= 4 is 29.3 Å². The zero-order valence-corrected chi connectivity index (χ0v) is 17.5. The molecule has 1 fully saturated rings. The second-order valence-electron chi connectivity index (χ2n) is 8.19. The van der Waals surface area contributed by atoms with E-state index in [0.29, 0.717) is 5.69 Å². The number of carbonyl (C=O) groups is 3. The minimum atomic E-state index is -0.883. The average Bonchev–Trinajstić information content (AvgIpc) is 2.93. The first-order valence-electron chi connectivity index (χ1n) is 9.89. The number of hydrogen-bond donors (Lipinski definition) is 2. The van der Waals surface area contributed by atoms with Crippen molar-refractivity contribution in [3.8, 4) is 0 Å². The molecule has 1 aliphatic rings. The maximum absolute atomic E-state index is 12.2. The third-order valence-corrected chi connectivity index (χ3v) is 4.43. The summed E-state index contributed by atoms with van der Waals surface area (Å²) in [7, 11) is 0. The standard InChI is InChI=1S/C20H28N4O6/c1-20(2,3)22-19(27)21-17(25)13-30-18(26)14-8-9-15(16(12-14)24(28)29)23-10-6-4-5-7-11-23/h8-9,12H,4-7,10-11,13H2,1-3H3,(H2,21,22,25,27). The van der Waals surface area contributed by atoms with Gasteiger partial charge < -0.3 is 15.0 Å². The van der Waals surface area contributed by atoms with Crippen molar-refractivity contribution in [2.24, 2.45) is 0 Å². The van der Waals surface area contributed by atoms with Crippen LogP contribution in [0.4, 0.5) is 16.2 Å². The van der Waals surface area contributed by atoms with Gasteiger partial charge in [0.15, 0.2) is 6.61 Å². The number of imide groups is 1.